The fraction of sp³-hybridized carbons (Fsp3) is 0.128. The molecule has 1 fully saturated rings. The lowest BCUT2D eigenvalue weighted by molar-refractivity contribution is -0.286. The Balaban J connectivity index is 0.978. The molecule has 1 aliphatic heterocycles. The monoisotopic (exact) mass is 814 g/mol. The molecule has 0 radical (unpaired) electrons. The van der Waals surface area contributed by atoms with Crippen molar-refractivity contribution in [3.05, 3.63) is 135 Å². The number of aromatic amines is 1. The number of hydrogen-bond acceptors (Lipinski definition) is 13. The lowest BCUT2D eigenvalue weighted by Gasteiger charge is -2.17. The average molecular weight is 815 g/mol. The van der Waals surface area contributed by atoms with E-state index in [1.165, 1.54) is 30.3 Å². The lowest BCUT2D eigenvalue weighted by atomic mass is 9.94. The van der Waals surface area contributed by atoms with Crippen molar-refractivity contribution in [2.75, 3.05) is 5.32 Å². The number of pyridine rings is 1. The number of nitrogens with zero attached hydrogens (tertiary/aromatic N) is 10. The number of alkyl halides is 2. The van der Waals surface area contributed by atoms with Crippen LogP contribution in [0.2, 0.25) is 0 Å². The number of aryl methyl sites for hydroxylation is 1. The first-order valence-corrected chi connectivity index (χ1v) is 18.1. The van der Waals surface area contributed by atoms with Crippen LogP contribution in [0.15, 0.2) is 111 Å². The number of halogens is 3. The summed E-state index contributed by atoms with van der Waals surface area (Å²) < 4.78 is 59.2. The molecule has 8 aromatic rings. The third kappa shape index (κ3) is 6.24. The Morgan fingerprint density at radius 3 is 2.30 bits per heavy atom. The van der Waals surface area contributed by atoms with E-state index in [0.29, 0.717) is 40.8 Å². The molecule has 18 nitrogen and oxygen atoms in total. The van der Waals surface area contributed by atoms with E-state index in [1.54, 1.807) is 73.7 Å². The van der Waals surface area contributed by atoms with Gasteiger partial charge in [-0.15, -0.1) is 8.78 Å². The van der Waals surface area contributed by atoms with Crippen LogP contribution >= 0.6 is 0 Å². The van der Waals surface area contributed by atoms with Crippen LogP contribution in [-0.4, -0.2) is 67.3 Å². The fourth-order valence-electron chi connectivity index (χ4n) is 6.92. The van der Waals surface area contributed by atoms with Gasteiger partial charge in [-0.05, 0) is 112 Å². The molecule has 1 aliphatic carbocycles. The van der Waals surface area contributed by atoms with Crippen molar-refractivity contribution in [1.29, 1.82) is 0 Å². The molecule has 10 rings (SSSR count). The normalized spacial score (nSPS) is 14.6. The highest BCUT2D eigenvalue weighted by molar-refractivity contribution is 6.01. The number of tetrazole rings is 2. The van der Waals surface area contributed by atoms with Crippen molar-refractivity contribution in [3.63, 3.8) is 0 Å². The summed E-state index contributed by atoms with van der Waals surface area (Å²) in [6, 6.07) is 24.8. The van der Waals surface area contributed by atoms with Gasteiger partial charge in [0.15, 0.2) is 11.5 Å². The second kappa shape index (κ2) is 13.4. The van der Waals surface area contributed by atoms with Crippen LogP contribution in [0.4, 0.5) is 19.0 Å². The number of ether oxygens (including phenoxy) is 2. The van der Waals surface area contributed by atoms with Gasteiger partial charge in [-0.25, -0.2) is 24.1 Å². The van der Waals surface area contributed by atoms with E-state index in [9.17, 15) is 27.6 Å². The van der Waals surface area contributed by atoms with Crippen LogP contribution in [0.5, 0.6) is 11.5 Å². The zero-order valence-corrected chi connectivity index (χ0v) is 30.7. The first-order valence-electron chi connectivity index (χ1n) is 18.1. The van der Waals surface area contributed by atoms with Gasteiger partial charge in [0.05, 0.1) is 33.7 Å². The SMILES string of the molecule is Cc1ccc(NC(=O)C2(c3ccc4c(c3)OC(F)(F)O4)CC2)nc1-c1cc(-n2nn[nH]c2=O)cc(-n2nnn(-c3cccc(-c4noc(-c5ccccc5F)n4)c3)c2=O)c1. The van der Waals surface area contributed by atoms with E-state index in [1.807, 2.05) is 0 Å². The zero-order valence-electron chi connectivity index (χ0n) is 30.7. The molecule has 5 heterocycles. The number of fused-ring (bicyclic) bond motifs is 1. The number of amides is 1. The number of carbonyl (C=O) groups excluding carboxylic acids is 1. The molecule has 4 aromatic carbocycles. The van der Waals surface area contributed by atoms with Crippen LogP contribution < -0.4 is 26.2 Å². The van der Waals surface area contributed by atoms with Gasteiger partial charge >= 0.3 is 17.7 Å². The van der Waals surface area contributed by atoms with E-state index >= 15 is 0 Å². The molecule has 60 heavy (non-hydrogen) atoms. The Labute approximate surface area is 332 Å². The van der Waals surface area contributed by atoms with Gasteiger partial charge in [0.25, 0.3) is 5.89 Å². The van der Waals surface area contributed by atoms with Crippen molar-refractivity contribution in [2.24, 2.45) is 0 Å². The maximum atomic E-state index is 14.4. The minimum absolute atomic E-state index is 0.0268. The van der Waals surface area contributed by atoms with Gasteiger partial charge in [-0.1, -0.05) is 41.6 Å². The molecule has 0 spiro atoms. The quantitative estimate of drug-likeness (QED) is 0.198. The number of carbonyl (C=O) groups is 1. The van der Waals surface area contributed by atoms with Gasteiger partial charge in [-0.2, -0.15) is 19.0 Å². The highest BCUT2D eigenvalue weighted by Gasteiger charge is 2.53. The molecule has 21 heteroatoms. The number of benzene rings is 4. The third-order valence-electron chi connectivity index (χ3n) is 10.1. The number of nitrogens with one attached hydrogen (secondary N) is 2. The third-order valence-corrected chi connectivity index (χ3v) is 10.1. The Bertz CT molecular complexity index is 3150. The molecule has 298 valence electrons. The van der Waals surface area contributed by atoms with Crippen molar-refractivity contribution in [1.82, 2.24) is 55.1 Å². The smallest absolute Gasteiger partial charge is 0.395 e. The number of hydrogen-bond donors (Lipinski definition) is 2. The second-order valence-electron chi connectivity index (χ2n) is 13.9. The molecule has 4 aromatic heterocycles. The van der Waals surface area contributed by atoms with E-state index in [-0.39, 0.29) is 51.7 Å². The van der Waals surface area contributed by atoms with E-state index < -0.39 is 34.8 Å². The maximum Gasteiger partial charge on any atom is 0.586 e. The summed E-state index contributed by atoms with van der Waals surface area (Å²) in [5.41, 5.74) is 0.750. The Kier molecular flexibility index (Phi) is 8.09. The minimum atomic E-state index is -3.80. The Morgan fingerprint density at radius 2 is 1.53 bits per heavy atom. The van der Waals surface area contributed by atoms with Crippen molar-refractivity contribution < 1.29 is 32.0 Å². The first-order chi connectivity index (χ1) is 28.9. The summed E-state index contributed by atoms with van der Waals surface area (Å²) in [5, 5.41) is 24.8. The standard InChI is InChI=1S/C39H25F3N12O6/c1-20-9-12-31(44-35(55)38(13-14-38)23-10-11-29-30(18-23)59-39(41,42)58-29)43-32(20)22-16-25(52-36(56)46-48-49-52)19-26(17-22)54-37(57)53(50-51-54)24-6-4-5-21(15-24)33-45-34(60-47-33)27-7-2-3-8-28(27)40/h2-12,15-19H,13-14H2,1H3,(H,43,44,55)(H,46,49,56). The second-order valence-corrected chi connectivity index (χ2v) is 13.9. The molecule has 1 saturated carbocycles. The molecule has 0 bridgehead atoms. The summed E-state index contributed by atoms with van der Waals surface area (Å²) in [6.07, 6.45) is -2.89. The topological polar surface area (TPSA) is 216 Å². The predicted molar refractivity (Wildman–Crippen MR) is 201 cm³/mol. The predicted octanol–water partition coefficient (Wildman–Crippen LogP) is 4.91. The van der Waals surface area contributed by atoms with Gasteiger partial charge in [0.1, 0.15) is 11.6 Å². The van der Waals surface area contributed by atoms with Crippen molar-refractivity contribution in [3.8, 4) is 62.7 Å². The summed E-state index contributed by atoms with van der Waals surface area (Å²) in [6.45, 7) is 1.78. The molecule has 2 aliphatic rings. The van der Waals surface area contributed by atoms with Crippen LogP contribution in [0, 0.1) is 12.7 Å². The van der Waals surface area contributed by atoms with Gasteiger partial charge < -0.3 is 19.3 Å². The summed E-state index contributed by atoms with van der Waals surface area (Å²) in [7, 11) is 0. The molecule has 0 saturated heterocycles. The number of anilines is 1. The molecule has 0 unspecified atom stereocenters. The van der Waals surface area contributed by atoms with E-state index in [2.05, 4.69) is 50.9 Å². The number of rotatable bonds is 9. The van der Waals surface area contributed by atoms with E-state index in [0.717, 1.165) is 14.0 Å². The average Bonchev–Trinajstić information content (AvgIpc) is 3.52. The van der Waals surface area contributed by atoms with Crippen LogP contribution in [-0.2, 0) is 10.2 Å². The van der Waals surface area contributed by atoms with E-state index in [4.69, 9.17) is 9.51 Å². The molecular weight excluding hydrogens is 790 g/mol. The molecule has 0 atom stereocenters. The number of H-pyrrole nitrogens is 1. The molecule has 1 amide bonds. The molecule has 2 N–H and O–H groups in total. The Morgan fingerprint density at radius 1 is 0.783 bits per heavy atom. The fourth-order valence-corrected chi connectivity index (χ4v) is 6.92. The van der Waals surface area contributed by atoms with Crippen LogP contribution in [0.1, 0.15) is 24.0 Å². The Hall–Kier alpha value is -8.23. The summed E-state index contributed by atoms with van der Waals surface area (Å²) in [5.74, 6) is -0.943. The molecular formula is C39H25F3N12O6. The van der Waals surface area contributed by atoms with Crippen molar-refractivity contribution in [2.45, 2.75) is 31.5 Å². The highest BCUT2D eigenvalue weighted by atomic mass is 19.3. The zero-order chi connectivity index (χ0) is 41.3. The minimum Gasteiger partial charge on any atom is -0.395 e. The van der Waals surface area contributed by atoms with Gasteiger partial charge in [-0.3, -0.25) is 4.79 Å². The first kappa shape index (κ1) is 36.1. The van der Waals surface area contributed by atoms with Crippen molar-refractivity contribution >= 4 is 11.7 Å². The maximum absolute atomic E-state index is 14.4. The van der Waals surface area contributed by atoms with Gasteiger partial charge in [0.2, 0.25) is 11.7 Å². The lowest BCUT2D eigenvalue weighted by Crippen LogP contribution is -2.28. The van der Waals surface area contributed by atoms with Crippen LogP contribution in [0.25, 0.3) is 51.2 Å². The van der Waals surface area contributed by atoms with Gasteiger partial charge in [0, 0.05) is 11.1 Å². The summed E-state index contributed by atoms with van der Waals surface area (Å²) >= 11 is 0. The number of aromatic nitrogens is 11. The largest absolute Gasteiger partial charge is 0.586 e. The highest BCUT2D eigenvalue weighted by Crippen LogP contribution is 2.52. The summed E-state index contributed by atoms with van der Waals surface area (Å²) in [4.78, 5) is 49.5. The van der Waals surface area contributed by atoms with Crippen LogP contribution in [0.3, 0.4) is 0 Å².